The fourth-order valence-corrected chi connectivity index (χ4v) is 3.91. The molecule has 0 saturated heterocycles. The van der Waals surface area contributed by atoms with Gasteiger partial charge in [0.1, 0.15) is 11.6 Å². The zero-order valence-electron chi connectivity index (χ0n) is 11.6. The van der Waals surface area contributed by atoms with Crippen LogP contribution in [0.3, 0.4) is 0 Å². The van der Waals surface area contributed by atoms with Crippen LogP contribution in [0.25, 0.3) is 10.9 Å². The van der Waals surface area contributed by atoms with Crippen LogP contribution in [0, 0.1) is 12.7 Å². The van der Waals surface area contributed by atoms with Gasteiger partial charge in [-0.2, -0.15) is 0 Å². The Hall–Kier alpha value is -1.92. The number of nitrogens with zero attached hydrogens (tertiary/aromatic N) is 1. The van der Waals surface area contributed by atoms with Crippen molar-refractivity contribution < 1.29 is 12.8 Å². The Kier molecular flexibility index (Phi) is 3.66. The second kappa shape index (κ2) is 5.37. The number of aromatic amines is 1. The predicted molar refractivity (Wildman–Crippen MR) is 83.1 cm³/mol. The molecule has 22 heavy (non-hydrogen) atoms. The lowest BCUT2D eigenvalue weighted by molar-refractivity contribution is 0.582. The summed E-state index contributed by atoms with van der Waals surface area (Å²) in [5.74, 6) is -1.11. The van der Waals surface area contributed by atoms with Crippen molar-refractivity contribution in [1.82, 2.24) is 9.97 Å². The number of fused-ring (bicyclic) bond motifs is 1. The molecule has 0 fully saturated rings. The topological polar surface area (TPSA) is 62.8 Å². The molecule has 0 atom stereocenters. The van der Waals surface area contributed by atoms with Crippen LogP contribution >= 0.6 is 11.6 Å². The quantitative estimate of drug-likeness (QED) is 0.793. The highest BCUT2D eigenvalue weighted by molar-refractivity contribution is 7.90. The third kappa shape index (κ3) is 2.71. The second-order valence-electron chi connectivity index (χ2n) is 5.04. The van der Waals surface area contributed by atoms with Gasteiger partial charge in [0.05, 0.1) is 10.6 Å². The fraction of sp³-hybridized carbons (Fsp3) is 0.133. The normalized spacial score (nSPS) is 12.0. The number of rotatable bonds is 3. The van der Waals surface area contributed by atoms with Crippen LogP contribution in [-0.4, -0.2) is 18.4 Å². The number of hydrogen-bond acceptors (Lipinski definition) is 3. The molecular weight excluding hydrogens is 327 g/mol. The highest BCUT2D eigenvalue weighted by atomic mass is 35.5. The van der Waals surface area contributed by atoms with Gasteiger partial charge in [-0.05, 0) is 30.7 Å². The number of nitrogens with one attached hydrogen (secondary N) is 1. The van der Waals surface area contributed by atoms with Gasteiger partial charge in [-0.15, -0.1) is 0 Å². The molecule has 1 aromatic carbocycles. The average Bonchev–Trinajstić information content (AvgIpc) is 2.85. The molecule has 0 saturated carbocycles. The molecule has 7 heteroatoms. The van der Waals surface area contributed by atoms with Crippen LogP contribution in [0.4, 0.5) is 4.39 Å². The summed E-state index contributed by atoms with van der Waals surface area (Å²) in [4.78, 5) is 6.86. The Morgan fingerprint density at radius 1 is 1.32 bits per heavy atom. The fourth-order valence-electron chi connectivity index (χ4n) is 2.25. The van der Waals surface area contributed by atoms with E-state index in [0.29, 0.717) is 21.5 Å². The largest absolute Gasteiger partial charge is 0.360 e. The first-order chi connectivity index (χ1) is 10.4. The minimum atomic E-state index is -3.72. The van der Waals surface area contributed by atoms with E-state index in [4.69, 9.17) is 11.6 Å². The predicted octanol–water partition coefficient (Wildman–Crippen LogP) is 3.64. The molecule has 4 nitrogen and oxygen atoms in total. The number of halogens is 2. The van der Waals surface area contributed by atoms with Gasteiger partial charge < -0.3 is 4.98 Å². The average molecular weight is 339 g/mol. The molecule has 3 aromatic rings. The van der Waals surface area contributed by atoms with Gasteiger partial charge in [0, 0.05) is 28.3 Å². The van der Waals surface area contributed by atoms with Crippen molar-refractivity contribution in [2.75, 3.05) is 0 Å². The Balaban J connectivity index is 2.05. The summed E-state index contributed by atoms with van der Waals surface area (Å²) in [6, 6.07) is 6.15. The Labute approximate surface area is 131 Å². The third-order valence-corrected chi connectivity index (χ3v) is 5.22. The molecule has 1 N–H and O–H groups in total. The number of H-pyrrole nitrogens is 1. The summed E-state index contributed by atoms with van der Waals surface area (Å²) in [6.45, 7) is 1.69. The van der Waals surface area contributed by atoms with Crippen molar-refractivity contribution in [3.63, 3.8) is 0 Å². The third-order valence-electron chi connectivity index (χ3n) is 3.32. The number of hydrogen-bond donors (Lipinski definition) is 1. The zero-order valence-corrected chi connectivity index (χ0v) is 13.2. The van der Waals surface area contributed by atoms with Crippen LogP contribution in [0.2, 0.25) is 5.02 Å². The summed E-state index contributed by atoms with van der Waals surface area (Å²) >= 11 is 5.88. The highest BCUT2D eigenvalue weighted by Crippen LogP contribution is 2.27. The molecule has 0 bridgehead atoms. The maximum absolute atomic E-state index is 13.8. The first-order valence-corrected chi connectivity index (χ1v) is 8.50. The van der Waals surface area contributed by atoms with E-state index in [9.17, 15) is 12.8 Å². The molecule has 0 aliphatic carbocycles. The Morgan fingerprint density at radius 2 is 2.09 bits per heavy atom. The summed E-state index contributed by atoms with van der Waals surface area (Å²) in [6.07, 6.45) is 2.84. The Morgan fingerprint density at radius 3 is 2.82 bits per heavy atom. The van der Waals surface area contributed by atoms with Gasteiger partial charge in [0.2, 0.25) is 0 Å². The van der Waals surface area contributed by atoms with Gasteiger partial charge in [-0.1, -0.05) is 17.7 Å². The van der Waals surface area contributed by atoms with E-state index in [1.54, 1.807) is 25.1 Å². The maximum atomic E-state index is 13.8. The van der Waals surface area contributed by atoms with E-state index in [1.165, 1.54) is 18.5 Å². The standard InChI is InChI=1S/C15H12ClFN2O2S/c1-9-4-12(17)14(18-6-9)8-22(20,21)15-7-19-13-5-10(16)2-3-11(13)15/h2-7,19H,8H2,1H3. The van der Waals surface area contributed by atoms with Crippen molar-refractivity contribution in [3.8, 4) is 0 Å². The smallest absolute Gasteiger partial charge is 0.186 e. The van der Waals surface area contributed by atoms with Gasteiger partial charge in [0.25, 0.3) is 0 Å². The van der Waals surface area contributed by atoms with E-state index >= 15 is 0 Å². The molecule has 0 radical (unpaired) electrons. The van der Waals surface area contributed by atoms with Gasteiger partial charge in [-0.25, -0.2) is 12.8 Å². The molecule has 0 unspecified atom stereocenters. The first-order valence-electron chi connectivity index (χ1n) is 6.47. The van der Waals surface area contributed by atoms with Crippen LogP contribution < -0.4 is 0 Å². The second-order valence-corrected chi connectivity index (χ2v) is 7.44. The molecular formula is C15H12ClFN2O2S. The van der Waals surface area contributed by atoms with Crippen LogP contribution in [-0.2, 0) is 15.6 Å². The monoisotopic (exact) mass is 338 g/mol. The van der Waals surface area contributed by atoms with E-state index in [1.807, 2.05) is 0 Å². The summed E-state index contributed by atoms with van der Waals surface area (Å²) in [5, 5.41) is 1.03. The van der Waals surface area contributed by atoms with Crippen molar-refractivity contribution in [1.29, 1.82) is 0 Å². The summed E-state index contributed by atoms with van der Waals surface area (Å²) < 4.78 is 38.9. The van der Waals surface area contributed by atoms with E-state index in [2.05, 4.69) is 9.97 Å². The molecule has 3 rings (SSSR count). The lowest BCUT2D eigenvalue weighted by Crippen LogP contribution is -2.08. The van der Waals surface area contributed by atoms with E-state index < -0.39 is 21.4 Å². The van der Waals surface area contributed by atoms with Crippen LogP contribution in [0.5, 0.6) is 0 Å². The molecule has 0 spiro atoms. The van der Waals surface area contributed by atoms with Crippen molar-refractivity contribution >= 4 is 32.3 Å². The molecule has 114 valence electrons. The minimum Gasteiger partial charge on any atom is -0.360 e. The number of aryl methyl sites for hydroxylation is 1. The lowest BCUT2D eigenvalue weighted by Gasteiger charge is -2.05. The lowest BCUT2D eigenvalue weighted by atomic mass is 10.2. The Bertz CT molecular complexity index is 967. The minimum absolute atomic E-state index is 0.0890. The SMILES string of the molecule is Cc1cnc(CS(=O)(=O)c2c[nH]c3cc(Cl)ccc23)c(F)c1. The highest BCUT2D eigenvalue weighted by Gasteiger charge is 2.22. The number of pyridine rings is 1. The van der Waals surface area contributed by atoms with Gasteiger partial charge in [-0.3, -0.25) is 4.98 Å². The van der Waals surface area contributed by atoms with Crippen LogP contribution in [0.1, 0.15) is 11.3 Å². The molecule has 2 aromatic heterocycles. The first kappa shape index (κ1) is 15.0. The number of benzene rings is 1. The maximum Gasteiger partial charge on any atom is 0.186 e. The molecule has 0 aliphatic heterocycles. The van der Waals surface area contributed by atoms with E-state index in [-0.39, 0.29) is 10.6 Å². The van der Waals surface area contributed by atoms with E-state index in [0.717, 1.165) is 0 Å². The molecule has 0 amide bonds. The summed E-state index contributed by atoms with van der Waals surface area (Å²) in [7, 11) is -3.72. The van der Waals surface area contributed by atoms with Crippen LogP contribution in [0.15, 0.2) is 41.6 Å². The van der Waals surface area contributed by atoms with Gasteiger partial charge in [0.15, 0.2) is 9.84 Å². The van der Waals surface area contributed by atoms with Crippen molar-refractivity contribution in [3.05, 3.63) is 58.8 Å². The van der Waals surface area contributed by atoms with Gasteiger partial charge >= 0.3 is 0 Å². The number of sulfone groups is 1. The summed E-state index contributed by atoms with van der Waals surface area (Å²) in [5.41, 5.74) is 1.16. The number of aromatic nitrogens is 2. The van der Waals surface area contributed by atoms with Crippen molar-refractivity contribution in [2.45, 2.75) is 17.6 Å². The van der Waals surface area contributed by atoms with Crippen molar-refractivity contribution in [2.24, 2.45) is 0 Å². The molecule has 2 heterocycles. The molecule has 0 aliphatic rings. The zero-order chi connectivity index (χ0) is 15.9.